The Bertz CT molecular complexity index is 577. The number of hydrogen-bond acceptors (Lipinski definition) is 4. The number of esters is 1. The Balaban J connectivity index is 2.06. The summed E-state index contributed by atoms with van der Waals surface area (Å²) in [4.78, 5) is 12.1. The molecule has 1 aromatic carbocycles. The number of nitrogens with one attached hydrogen (secondary N) is 1. The summed E-state index contributed by atoms with van der Waals surface area (Å²) in [7, 11) is 0. The molecule has 3 N–H and O–H groups in total. The lowest BCUT2D eigenvalue weighted by Crippen LogP contribution is -2.36. The van der Waals surface area contributed by atoms with Crippen LogP contribution < -0.4 is 11.1 Å². The quantitative estimate of drug-likeness (QED) is 0.350. The predicted octanol–water partition coefficient (Wildman–Crippen LogP) is 4.88. The average molecular weight is 432 g/mol. The molecule has 25 heavy (non-hydrogen) atoms. The van der Waals surface area contributed by atoms with E-state index in [0.717, 1.165) is 22.4 Å². The van der Waals surface area contributed by atoms with Crippen molar-refractivity contribution in [1.82, 2.24) is 5.32 Å². The van der Waals surface area contributed by atoms with Crippen LogP contribution in [0.4, 0.5) is 5.69 Å². The molecule has 2 rings (SSSR count). The first-order valence-corrected chi connectivity index (χ1v) is 10.4. The molecule has 1 aromatic rings. The summed E-state index contributed by atoms with van der Waals surface area (Å²) in [6.07, 6.45) is 7.73. The van der Waals surface area contributed by atoms with Crippen LogP contribution in [0.3, 0.4) is 0 Å². The molecule has 0 bridgehead atoms. The fourth-order valence-corrected chi connectivity index (χ4v) is 4.15. The van der Waals surface area contributed by atoms with Gasteiger partial charge in [0.2, 0.25) is 0 Å². The third kappa shape index (κ3) is 5.87. The van der Waals surface area contributed by atoms with Crippen LogP contribution in [0.25, 0.3) is 0 Å². The number of nitrogen functional groups attached to an aromatic ring is 1. The van der Waals surface area contributed by atoms with E-state index in [1.54, 1.807) is 6.07 Å². The minimum Gasteiger partial charge on any atom is -0.461 e. The molecule has 0 saturated heterocycles. The molecule has 1 atom stereocenters. The largest absolute Gasteiger partial charge is 0.461 e. The Labute approximate surface area is 164 Å². The fourth-order valence-electron chi connectivity index (χ4n) is 3.58. The second-order valence-corrected chi connectivity index (χ2v) is 7.88. The lowest BCUT2D eigenvalue weighted by atomic mass is 9.83. The number of carbonyl (C=O) groups excluding carboxylic acids is 1. The van der Waals surface area contributed by atoms with E-state index >= 15 is 0 Å². The Hall–Kier alpha value is -0.780. The van der Waals surface area contributed by atoms with Gasteiger partial charge in [-0.3, -0.25) is 0 Å². The lowest BCUT2D eigenvalue weighted by molar-refractivity contribution is 0.0529. The number of anilines is 1. The third-order valence-electron chi connectivity index (χ3n) is 4.97. The van der Waals surface area contributed by atoms with Crippen LogP contribution in [-0.2, 0) is 11.3 Å². The summed E-state index contributed by atoms with van der Waals surface area (Å²) in [6.45, 7) is 3.08. The SMILES string of the molecule is CCC(NCc1cc(C(=O)OCCCl)cc(Br)c1N)C1CCCCC1. The topological polar surface area (TPSA) is 64.3 Å². The predicted molar refractivity (Wildman–Crippen MR) is 107 cm³/mol. The fraction of sp³-hybridized carbons (Fsp3) is 0.632. The van der Waals surface area contributed by atoms with Crippen molar-refractivity contribution in [3.63, 3.8) is 0 Å². The molecule has 1 aliphatic carbocycles. The molecule has 1 fully saturated rings. The van der Waals surface area contributed by atoms with E-state index in [1.165, 1.54) is 32.1 Å². The second-order valence-electron chi connectivity index (χ2n) is 6.65. The van der Waals surface area contributed by atoms with Crippen LogP contribution in [0.5, 0.6) is 0 Å². The van der Waals surface area contributed by atoms with E-state index in [-0.39, 0.29) is 18.5 Å². The van der Waals surface area contributed by atoms with Gasteiger partial charge in [-0.15, -0.1) is 11.6 Å². The van der Waals surface area contributed by atoms with Gasteiger partial charge in [0.05, 0.1) is 17.1 Å². The molecule has 0 aromatic heterocycles. The zero-order valence-electron chi connectivity index (χ0n) is 14.8. The Morgan fingerprint density at radius 2 is 2.12 bits per heavy atom. The van der Waals surface area contributed by atoms with Gasteiger partial charge >= 0.3 is 5.97 Å². The summed E-state index contributed by atoms with van der Waals surface area (Å²) < 4.78 is 5.83. The van der Waals surface area contributed by atoms with Gasteiger partial charge in [0.15, 0.2) is 0 Å². The van der Waals surface area contributed by atoms with Crippen LogP contribution >= 0.6 is 27.5 Å². The number of halogens is 2. The van der Waals surface area contributed by atoms with Crippen molar-refractivity contribution in [2.24, 2.45) is 5.92 Å². The number of rotatable bonds is 8. The summed E-state index contributed by atoms with van der Waals surface area (Å²) in [6, 6.07) is 4.01. The summed E-state index contributed by atoms with van der Waals surface area (Å²) in [5.74, 6) is 0.651. The number of hydrogen-bond donors (Lipinski definition) is 2. The van der Waals surface area contributed by atoms with Crippen LogP contribution in [0.1, 0.15) is 61.4 Å². The first-order chi connectivity index (χ1) is 12.1. The normalized spacial score (nSPS) is 16.6. The summed E-state index contributed by atoms with van der Waals surface area (Å²) in [5.41, 5.74) is 8.28. The highest BCUT2D eigenvalue weighted by Crippen LogP contribution is 2.29. The van der Waals surface area contributed by atoms with E-state index in [4.69, 9.17) is 22.1 Å². The van der Waals surface area contributed by atoms with Crippen molar-refractivity contribution in [3.8, 4) is 0 Å². The van der Waals surface area contributed by atoms with Crippen molar-refractivity contribution in [3.05, 3.63) is 27.7 Å². The number of carbonyl (C=O) groups is 1. The van der Waals surface area contributed by atoms with Crippen molar-refractivity contribution < 1.29 is 9.53 Å². The van der Waals surface area contributed by atoms with Crippen molar-refractivity contribution in [1.29, 1.82) is 0 Å². The molecule has 0 heterocycles. The number of alkyl halides is 1. The van der Waals surface area contributed by atoms with Gasteiger partial charge in [0, 0.05) is 17.1 Å². The second kappa shape index (κ2) is 10.4. The number of nitrogens with two attached hydrogens (primary N) is 1. The highest BCUT2D eigenvalue weighted by Gasteiger charge is 2.22. The van der Waals surface area contributed by atoms with Gasteiger partial charge in [-0.25, -0.2) is 4.79 Å². The summed E-state index contributed by atoms with van der Waals surface area (Å²) >= 11 is 9.03. The highest BCUT2D eigenvalue weighted by atomic mass is 79.9. The summed E-state index contributed by atoms with van der Waals surface area (Å²) in [5, 5.41) is 3.66. The molecule has 0 radical (unpaired) electrons. The lowest BCUT2D eigenvalue weighted by Gasteiger charge is -2.30. The Kier molecular flexibility index (Phi) is 8.53. The molecule has 1 unspecified atom stereocenters. The van der Waals surface area contributed by atoms with Gasteiger partial charge in [0.25, 0.3) is 0 Å². The maximum atomic E-state index is 12.1. The van der Waals surface area contributed by atoms with Crippen LogP contribution in [0.2, 0.25) is 0 Å². The van der Waals surface area contributed by atoms with Crippen LogP contribution in [0.15, 0.2) is 16.6 Å². The van der Waals surface area contributed by atoms with Crippen LogP contribution in [-0.4, -0.2) is 24.5 Å². The Morgan fingerprint density at radius 1 is 1.40 bits per heavy atom. The number of benzene rings is 1. The highest BCUT2D eigenvalue weighted by molar-refractivity contribution is 9.10. The molecule has 6 heteroatoms. The van der Waals surface area contributed by atoms with Gasteiger partial charge in [-0.05, 0) is 58.8 Å². The molecular formula is C19H28BrClN2O2. The molecule has 0 amide bonds. The van der Waals surface area contributed by atoms with Crippen molar-refractivity contribution >= 4 is 39.2 Å². The van der Waals surface area contributed by atoms with Crippen molar-refractivity contribution in [2.45, 2.75) is 58.0 Å². The molecule has 1 saturated carbocycles. The average Bonchev–Trinajstić information content (AvgIpc) is 2.64. The monoisotopic (exact) mass is 430 g/mol. The number of ether oxygens (including phenoxy) is 1. The van der Waals surface area contributed by atoms with Gasteiger partial charge in [-0.2, -0.15) is 0 Å². The molecular weight excluding hydrogens is 404 g/mol. The zero-order chi connectivity index (χ0) is 18.2. The first-order valence-electron chi connectivity index (χ1n) is 9.11. The zero-order valence-corrected chi connectivity index (χ0v) is 17.2. The van der Waals surface area contributed by atoms with E-state index < -0.39 is 0 Å². The molecule has 0 aliphatic heterocycles. The van der Waals surface area contributed by atoms with Gasteiger partial charge < -0.3 is 15.8 Å². The van der Waals surface area contributed by atoms with E-state index in [2.05, 4.69) is 28.2 Å². The molecule has 1 aliphatic rings. The molecule has 4 nitrogen and oxygen atoms in total. The Morgan fingerprint density at radius 3 is 2.76 bits per heavy atom. The van der Waals surface area contributed by atoms with Gasteiger partial charge in [-0.1, -0.05) is 26.2 Å². The third-order valence-corrected chi connectivity index (χ3v) is 5.79. The van der Waals surface area contributed by atoms with E-state index in [0.29, 0.717) is 23.8 Å². The van der Waals surface area contributed by atoms with Crippen molar-refractivity contribution in [2.75, 3.05) is 18.2 Å². The van der Waals surface area contributed by atoms with Gasteiger partial charge in [0.1, 0.15) is 6.61 Å². The van der Waals surface area contributed by atoms with E-state index in [1.807, 2.05) is 6.07 Å². The molecule has 140 valence electrons. The molecule has 0 spiro atoms. The minimum absolute atomic E-state index is 0.204. The van der Waals surface area contributed by atoms with Crippen LogP contribution in [0, 0.1) is 5.92 Å². The standard InChI is InChI=1S/C19H28BrClN2O2/c1-2-17(13-6-4-3-5-7-13)23-12-15-10-14(11-16(20)18(15)22)19(24)25-9-8-21/h10-11,13,17,23H,2-9,12,22H2,1H3. The maximum absolute atomic E-state index is 12.1. The smallest absolute Gasteiger partial charge is 0.338 e. The maximum Gasteiger partial charge on any atom is 0.338 e. The van der Waals surface area contributed by atoms with E-state index in [9.17, 15) is 4.79 Å². The first kappa shape index (κ1) is 20.5. The minimum atomic E-state index is -0.373.